The fraction of sp³-hybridized carbons (Fsp3) is 0.727. The van der Waals surface area contributed by atoms with Crippen LogP contribution in [0.5, 0.6) is 0 Å². The Morgan fingerprint density at radius 1 is 0.253 bits per heavy atom. The molecule has 1 atom stereocenters. The van der Waals surface area contributed by atoms with Crippen molar-refractivity contribution in [3.63, 3.8) is 0 Å². The van der Waals surface area contributed by atoms with Gasteiger partial charge in [-0.3, -0.25) is 14.4 Å². The van der Waals surface area contributed by atoms with E-state index in [9.17, 15) is 14.4 Å². The SMILES string of the molecule is CC/C=C\C/C=C\C/C=C\C/C=C\C/C=C\C/C=C\CCCCCCCCCCCCCCC(=O)OCC(COC(=O)CCCCCCC)OC(=O)CCCCCCCCCCCCCCCC/C=C\C/C=C\C/C=C\CCCCCCC. The maximum atomic E-state index is 12.9. The molecule has 6 heteroatoms. The Kier molecular flexibility index (Phi) is 67.2. The summed E-state index contributed by atoms with van der Waals surface area (Å²) in [6.45, 7) is 6.46. The van der Waals surface area contributed by atoms with E-state index in [4.69, 9.17) is 14.2 Å². The number of rotatable bonds is 64. The summed E-state index contributed by atoms with van der Waals surface area (Å²) >= 11 is 0. The van der Waals surface area contributed by atoms with Crippen LogP contribution < -0.4 is 0 Å². The molecule has 0 saturated carbocycles. The lowest BCUT2D eigenvalue weighted by Gasteiger charge is -2.18. The van der Waals surface area contributed by atoms with Gasteiger partial charge in [0.15, 0.2) is 6.10 Å². The quantitative estimate of drug-likeness (QED) is 0.0261. The summed E-state index contributed by atoms with van der Waals surface area (Å²) in [5.41, 5.74) is 0. The van der Waals surface area contributed by atoms with Crippen LogP contribution in [0, 0.1) is 0 Å². The fourth-order valence-corrected chi connectivity index (χ4v) is 9.99. The van der Waals surface area contributed by atoms with Crippen molar-refractivity contribution < 1.29 is 28.6 Å². The summed E-state index contributed by atoms with van der Waals surface area (Å²) in [4.78, 5) is 38.0. The summed E-state index contributed by atoms with van der Waals surface area (Å²) in [5.74, 6) is -0.882. The molecule has 0 aliphatic carbocycles. The number of carbonyl (C=O) groups is 3. The molecule has 0 N–H and O–H groups in total. The highest BCUT2D eigenvalue weighted by Crippen LogP contribution is 2.17. The Bertz CT molecular complexity index is 1660. The van der Waals surface area contributed by atoms with Crippen molar-refractivity contribution in [2.24, 2.45) is 0 Å². The molecular formula is C77H132O6. The standard InChI is InChI=1S/C77H132O6/c1-4-7-10-13-15-17-19-21-23-25-27-29-31-33-35-37-38-40-41-43-45-47-49-51-53-55-57-59-61-64-67-70-76(79)82-73-74(72-81-75(78)69-66-63-12-9-6-3)83-77(80)71-68-65-62-60-58-56-54-52-50-48-46-44-42-39-36-34-32-30-28-26-24-22-20-18-16-14-11-8-5-2/h7,10,15,17,20-23,26-29,32-35,38,40,74H,4-6,8-9,11-14,16,18-19,24-25,30-31,36-37,39,41-73H2,1-3H3/b10-7-,17-15-,22-20-,23-21-,28-26-,29-27-,34-32-,35-33-,40-38-. The molecule has 0 radical (unpaired) electrons. The highest BCUT2D eigenvalue weighted by molar-refractivity contribution is 5.71. The topological polar surface area (TPSA) is 78.9 Å². The molecule has 0 aliphatic heterocycles. The number of hydrogen-bond acceptors (Lipinski definition) is 6. The third-order valence-electron chi connectivity index (χ3n) is 15.3. The summed E-state index contributed by atoms with van der Waals surface area (Å²) in [6.07, 6.45) is 97.4. The Hall–Kier alpha value is -3.93. The number of ether oxygens (including phenoxy) is 3. The van der Waals surface area contributed by atoms with Crippen LogP contribution in [0.1, 0.15) is 342 Å². The van der Waals surface area contributed by atoms with E-state index in [2.05, 4.69) is 130 Å². The zero-order chi connectivity index (χ0) is 59.9. The summed E-state index contributed by atoms with van der Waals surface area (Å²) < 4.78 is 16.8. The van der Waals surface area contributed by atoms with Crippen molar-refractivity contribution in [1.82, 2.24) is 0 Å². The molecule has 0 saturated heterocycles. The lowest BCUT2D eigenvalue weighted by Crippen LogP contribution is -2.30. The molecule has 0 fully saturated rings. The average Bonchev–Trinajstić information content (AvgIpc) is 3.49. The molecule has 1 unspecified atom stereocenters. The molecule has 0 aromatic carbocycles. The minimum Gasteiger partial charge on any atom is -0.462 e. The van der Waals surface area contributed by atoms with Crippen molar-refractivity contribution in [2.75, 3.05) is 13.2 Å². The first-order chi connectivity index (χ1) is 41.0. The van der Waals surface area contributed by atoms with Crippen molar-refractivity contribution in [3.05, 3.63) is 109 Å². The zero-order valence-electron chi connectivity index (χ0n) is 54.7. The predicted octanol–water partition coefficient (Wildman–Crippen LogP) is 24.6. The Labute approximate surface area is 514 Å². The first-order valence-corrected chi connectivity index (χ1v) is 35.4. The molecule has 0 amide bonds. The van der Waals surface area contributed by atoms with E-state index in [1.54, 1.807) is 0 Å². The van der Waals surface area contributed by atoms with Crippen molar-refractivity contribution in [2.45, 2.75) is 348 Å². The van der Waals surface area contributed by atoms with Gasteiger partial charge in [0.1, 0.15) is 13.2 Å². The van der Waals surface area contributed by atoms with Gasteiger partial charge in [-0.1, -0.05) is 323 Å². The molecule has 0 bridgehead atoms. The van der Waals surface area contributed by atoms with Crippen LogP contribution in [0.2, 0.25) is 0 Å². The second kappa shape index (κ2) is 70.6. The average molecular weight is 1150 g/mol. The van der Waals surface area contributed by atoms with Crippen LogP contribution in [0.4, 0.5) is 0 Å². The van der Waals surface area contributed by atoms with E-state index in [0.29, 0.717) is 19.3 Å². The van der Waals surface area contributed by atoms with Gasteiger partial charge in [0, 0.05) is 19.3 Å². The van der Waals surface area contributed by atoms with Gasteiger partial charge < -0.3 is 14.2 Å². The van der Waals surface area contributed by atoms with Crippen molar-refractivity contribution in [1.29, 1.82) is 0 Å². The van der Waals surface area contributed by atoms with Crippen LogP contribution in [0.15, 0.2) is 109 Å². The first kappa shape index (κ1) is 79.1. The number of hydrogen-bond donors (Lipinski definition) is 0. The van der Waals surface area contributed by atoms with Gasteiger partial charge in [0.25, 0.3) is 0 Å². The van der Waals surface area contributed by atoms with Gasteiger partial charge in [-0.15, -0.1) is 0 Å². The maximum Gasteiger partial charge on any atom is 0.306 e. The van der Waals surface area contributed by atoms with E-state index in [1.807, 2.05) is 0 Å². The lowest BCUT2D eigenvalue weighted by molar-refractivity contribution is -0.167. The molecular weight excluding hydrogens is 1020 g/mol. The molecule has 0 rings (SSSR count). The molecule has 0 heterocycles. The largest absolute Gasteiger partial charge is 0.462 e. The van der Waals surface area contributed by atoms with Gasteiger partial charge in [-0.2, -0.15) is 0 Å². The molecule has 0 aromatic heterocycles. The van der Waals surface area contributed by atoms with E-state index in [0.717, 1.165) is 116 Å². The number of carbonyl (C=O) groups excluding carboxylic acids is 3. The normalized spacial score (nSPS) is 12.8. The number of esters is 3. The Morgan fingerprint density at radius 2 is 0.470 bits per heavy atom. The first-order valence-electron chi connectivity index (χ1n) is 35.4. The molecule has 0 spiro atoms. The van der Waals surface area contributed by atoms with Gasteiger partial charge in [-0.25, -0.2) is 0 Å². The van der Waals surface area contributed by atoms with E-state index < -0.39 is 6.10 Å². The maximum absolute atomic E-state index is 12.9. The summed E-state index contributed by atoms with van der Waals surface area (Å²) in [5, 5.41) is 0. The van der Waals surface area contributed by atoms with Crippen LogP contribution in [0.25, 0.3) is 0 Å². The zero-order valence-corrected chi connectivity index (χ0v) is 54.7. The highest BCUT2D eigenvalue weighted by atomic mass is 16.6. The van der Waals surface area contributed by atoms with E-state index in [1.165, 1.54) is 186 Å². The van der Waals surface area contributed by atoms with Crippen molar-refractivity contribution >= 4 is 17.9 Å². The number of allylic oxidation sites excluding steroid dienone is 18. The van der Waals surface area contributed by atoms with Crippen LogP contribution in [-0.2, 0) is 28.6 Å². The minimum atomic E-state index is -0.776. The predicted molar refractivity (Wildman–Crippen MR) is 362 cm³/mol. The van der Waals surface area contributed by atoms with Crippen LogP contribution in [-0.4, -0.2) is 37.2 Å². The van der Waals surface area contributed by atoms with Gasteiger partial charge in [0.2, 0.25) is 0 Å². The highest BCUT2D eigenvalue weighted by Gasteiger charge is 2.19. The Balaban J connectivity index is 4.00. The van der Waals surface area contributed by atoms with Gasteiger partial charge in [-0.05, 0) is 109 Å². The molecule has 476 valence electrons. The molecule has 83 heavy (non-hydrogen) atoms. The third-order valence-corrected chi connectivity index (χ3v) is 15.3. The van der Waals surface area contributed by atoms with E-state index in [-0.39, 0.29) is 31.1 Å². The summed E-state index contributed by atoms with van der Waals surface area (Å²) in [7, 11) is 0. The fourth-order valence-electron chi connectivity index (χ4n) is 9.99. The molecule has 0 aromatic rings. The molecule has 0 aliphatic rings. The smallest absolute Gasteiger partial charge is 0.306 e. The number of unbranched alkanes of at least 4 members (excludes halogenated alkanes) is 35. The lowest BCUT2D eigenvalue weighted by atomic mass is 10.0. The molecule has 6 nitrogen and oxygen atoms in total. The van der Waals surface area contributed by atoms with Gasteiger partial charge in [0.05, 0.1) is 0 Å². The second-order valence-electron chi connectivity index (χ2n) is 23.4. The Morgan fingerprint density at radius 3 is 0.735 bits per heavy atom. The minimum absolute atomic E-state index is 0.0771. The third kappa shape index (κ3) is 68.7. The van der Waals surface area contributed by atoms with Crippen LogP contribution in [0.3, 0.4) is 0 Å². The van der Waals surface area contributed by atoms with E-state index >= 15 is 0 Å². The van der Waals surface area contributed by atoms with Crippen molar-refractivity contribution in [3.8, 4) is 0 Å². The van der Waals surface area contributed by atoms with Crippen LogP contribution >= 0.6 is 0 Å². The monoisotopic (exact) mass is 1150 g/mol. The summed E-state index contributed by atoms with van der Waals surface area (Å²) in [6, 6.07) is 0. The second-order valence-corrected chi connectivity index (χ2v) is 23.4. The van der Waals surface area contributed by atoms with Gasteiger partial charge >= 0.3 is 17.9 Å².